The van der Waals surface area contributed by atoms with Crippen molar-refractivity contribution in [2.24, 2.45) is 5.73 Å². The first-order valence-corrected chi connectivity index (χ1v) is 7.29. The van der Waals surface area contributed by atoms with E-state index in [0.29, 0.717) is 12.4 Å². The molecule has 1 aromatic heterocycles. The molecule has 0 aliphatic carbocycles. The first-order valence-electron chi connectivity index (χ1n) is 7.29. The molecule has 0 spiro atoms. The lowest BCUT2D eigenvalue weighted by molar-refractivity contribution is 0.181. The Labute approximate surface area is 128 Å². The lowest BCUT2D eigenvalue weighted by Gasteiger charge is -2.18. The zero-order valence-corrected chi connectivity index (χ0v) is 12.5. The number of nitrogens with zero attached hydrogens (tertiary/aromatic N) is 3. The third kappa shape index (κ3) is 3.23. The normalized spacial score (nSPS) is 18.0. The van der Waals surface area contributed by atoms with Crippen LogP contribution in [0.3, 0.4) is 0 Å². The van der Waals surface area contributed by atoms with Crippen LogP contribution in [0.2, 0.25) is 0 Å². The molecule has 22 heavy (non-hydrogen) atoms. The number of anilines is 1. The van der Waals surface area contributed by atoms with Crippen molar-refractivity contribution in [2.75, 3.05) is 25.1 Å². The molecule has 0 bridgehead atoms. The summed E-state index contributed by atoms with van der Waals surface area (Å²) < 4.78 is 18.3. The molecule has 0 amide bonds. The molecule has 2 heterocycles. The van der Waals surface area contributed by atoms with Crippen LogP contribution in [0, 0.1) is 5.82 Å². The summed E-state index contributed by atoms with van der Waals surface area (Å²) >= 11 is 0. The average molecular weight is 302 g/mol. The van der Waals surface area contributed by atoms with Crippen molar-refractivity contribution in [3.8, 4) is 11.4 Å². The van der Waals surface area contributed by atoms with Gasteiger partial charge >= 0.3 is 0 Å². The Balaban J connectivity index is 1.98. The van der Waals surface area contributed by atoms with Gasteiger partial charge in [0.1, 0.15) is 11.6 Å². The topological polar surface area (TPSA) is 64.3 Å². The Bertz CT molecular complexity index is 647. The monoisotopic (exact) mass is 302 g/mol. The maximum Gasteiger partial charge on any atom is 0.161 e. The molecule has 2 N–H and O–H groups in total. The van der Waals surface area contributed by atoms with Gasteiger partial charge in [-0.2, -0.15) is 0 Å². The van der Waals surface area contributed by atoms with Gasteiger partial charge in [0.2, 0.25) is 0 Å². The van der Waals surface area contributed by atoms with Crippen LogP contribution < -0.4 is 10.6 Å². The number of halogens is 1. The minimum atomic E-state index is -0.275. The van der Waals surface area contributed by atoms with Gasteiger partial charge in [-0.05, 0) is 30.7 Å². The van der Waals surface area contributed by atoms with Crippen LogP contribution >= 0.6 is 0 Å². The molecule has 2 aromatic rings. The summed E-state index contributed by atoms with van der Waals surface area (Å²) in [4.78, 5) is 11.3. The molecule has 1 aromatic carbocycles. The Morgan fingerprint density at radius 1 is 1.32 bits per heavy atom. The van der Waals surface area contributed by atoms with Crippen LogP contribution in [-0.2, 0) is 11.3 Å². The number of hydrogen-bond acceptors (Lipinski definition) is 5. The van der Waals surface area contributed by atoms with Crippen molar-refractivity contribution in [1.29, 1.82) is 0 Å². The van der Waals surface area contributed by atoms with Crippen LogP contribution in [-0.4, -0.2) is 36.2 Å². The highest BCUT2D eigenvalue weighted by molar-refractivity contribution is 5.58. The summed E-state index contributed by atoms with van der Waals surface area (Å²) in [6.07, 6.45) is 0.954. The fraction of sp³-hybridized carbons (Fsp3) is 0.375. The van der Waals surface area contributed by atoms with Crippen LogP contribution in [0.15, 0.2) is 30.3 Å². The van der Waals surface area contributed by atoms with E-state index in [1.165, 1.54) is 12.1 Å². The number of benzene rings is 1. The summed E-state index contributed by atoms with van der Waals surface area (Å²) in [6.45, 7) is 2.07. The molecular formula is C16H19FN4O. The zero-order valence-electron chi connectivity index (χ0n) is 12.5. The summed E-state index contributed by atoms with van der Waals surface area (Å²) in [5, 5.41) is 0. The van der Waals surface area contributed by atoms with Gasteiger partial charge in [-0.1, -0.05) is 0 Å². The SMILES string of the molecule is COCc1cc(N2CCC(N)C2)nc(-c2ccc(F)cc2)n1. The van der Waals surface area contributed by atoms with E-state index in [2.05, 4.69) is 14.9 Å². The zero-order chi connectivity index (χ0) is 15.5. The third-order valence-corrected chi connectivity index (χ3v) is 3.71. The average Bonchev–Trinajstić information content (AvgIpc) is 2.95. The Hall–Kier alpha value is -2.05. The Morgan fingerprint density at radius 3 is 2.73 bits per heavy atom. The van der Waals surface area contributed by atoms with Gasteiger partial charge in [-0.3, -0.25) is 0 Å². The molecular weight excluding hydrogens is 283 g/mol. The molecule has 1 fully saturated rings. The van der Waals surface area contributed by atoms with E-state index in [-0.39, 0.29) is 11.9 Å². The standard InChI is InChI=1S/C16H19FN4O/c1-22-10-14-8-15(21-7-6-13(18)9-21)20-16(19-14)11-2-4-12(17)5-3-11/h2-5,8,13H,6-7,9-10,18H2,1H3. The van der Waals surface area contributed by atoms with Crippen molar-refractivity contribution in [3.05, 3.63) is 41.8 Å². The summed E-state index contributed by atoms with van der Waals surface area (Å²) in [6, 6.07) is 8.28. The molecule has 0 saturated carbocycles. The molecule has 1 aliphatic heterocycles. The predicted octanol–water partition coefficient (Wildman–Crippen LogP) is 1.97. The highest BCUT2D eigenvalue weighted by Crippen LogP contribution is 2.23. The van der Waals surface area contributed by atoms with Crippen LogP contribution in [0.5, 0.6) is 0 Å². The number of rotatable bonds is 4. The number of hydrogen-bond donors (Lipinski definition) is 1. The highest BCUT2D eigenvalue weighted by atomic mass is 19.1. The second kappa shape index (κ2) is 6.37. The minimum Gasteiger partial charge on any atom is -0.378 e. The molecule has 1 atom stereocenters. The van der Waals surface area contributed by atoms with E-state index in [1.54, 1.807) is 19.2 Å². The van der Waals surface area contributed by atoms with E-state index in [1.807, 2.05) is 6.07 Å². The Morgan fingerprint density at radius 2 is 2.09 bits per heavy atom. The Kier molecular flexibility index (Phi) is 4.31. The first-order chi connectivity index (χ1) is 10.7. The summed E-state index contributed by atoms with van der Waals surface area (Å²) in [7, 11) is 1.63. The fourth-order valence-electron chi connectivity index (χ4n) is 2.59. The third-order valence-electron chi connectivity index (χ3n) is 3.71. The van der Waals surface area contributed by atoms with Crippen LogP contribution in [0.4, 0.5) is 10.2 Å². The summed E-state index contributed by atoms with van der Waals surface area (Å²) in [5.74, 6) is 1.14. The lowest BCUT2D eigenvalue weighted by atomic mass is 10.2. The second-order valence-electron chi connectivity index (χ2n) is 5.48. The minimum absolute atomic E-state index is 0.176. The molecule has 6 heteroatoms. The van der Waals surface area contributed by atoms with E-state index in [0.717, 1.165) is 36.6 Å². The molecule has 0 radical (unpaired) electrons. The van der Waals surface area contributed by atoms with Gasteiger partial charge < -0.3 is 15.4 Å². The fourth-order valence-corrected chi connectivity index (χ4v) is 2.59. The van der Waals surface area contributed by atoms with E-state index < -0.39 is 0 Å². The number of methoxy groups -OCH3 is 1. The van der Waals surface area contributed by atoms with Gasteiger partial charge in [0.15, 0.2) is 5.82 Å². The molecule has 116 valence electrons. The maximum absolute atomic E-state index is 13.1. The molecule has 3 rings (SSSR count). The lowest BCUT2D eigenvalue weighted by Crippen LogP contribution is -2.27. The van der Waals surface area contributed by atoms with E-state index in [4.69, 9.17) is 10.5 Å². The van der Waals surface area contributed by atoms with Crippen molar-refractivity contribution >= 4 is 5.82 Å². The van der Waals surface area contributed by atoms with Crippen molar-refractivity contribution in [1.82, 2.24) is 9.97 Å². The van der Waals surface area contributed by atoms with Crippen LogP contribution in [0.25, 0.3) is 11.4 Å². The van der Waals surface area contributed by atoms with Gasteiger partial charge in [-0.15, -0.1) is 0 Å². The number of ether oxygens (including phenoxy) is 1. The van der Waals surface area contributed by atoms with Crippen molar-refractivity contribution < 1.29 is 9.13 Å². The smallest absolute Gasteiger partial charge is 0.161 e. The molecule has 1 unspecified atom stereocenters. The van der Waals surface area contributed by atoms with Gasteiger partial charge in [0, 0.05) is 37.9 Å². The molecule has 5 nitrogen and oxygen atoms in total. The largest absolute Gasteiger partial charge is 0.378 e. The van der Waals surface area contributed by atoms with Gasteiger partial charge in [-0.25, -0.2) is 14.4 Å². The highest BCUT2D eigenvalue weighted by Gasteiger charge is 2.21. The van der Waals surface area contributed by atoms with E-state index in [9.17, 15) is 4.39 Å². The number of nitrogens with two attached hydrogens (primary N) is 1. The predicted molar refractivity (Wildman–Crippen MR) is 82.9 cm³/mol. The van der Waals surface area contributed by atoms with E-state index >= 15 is 0 Å². The van der Waals surface area contributed by atoms with Gasteiger partial charge in [0.25, 0.3) is 0 Å². The van der Waals surface area contributed by atoms with Crippen LogP contribution in [0.1, 0.15) is 12.1 Å². The van der Waals surface area contributed by atoms with Crippen molar-refractivity contribution in [2.45, 2.75) is 19.1 Å². The van der Waals surface area contributed by atoms with Crippen molar-refractivity contribution in [3.63, 3.8) is 0 Å². The van der Waals surface area contributed by atoms with Gasteiger partial charge in [0.05, 0.1) is 12.3 Å². The number of aromatic nitrogens is 2. The molecule has 1 saturated heterocycles. The summed E-state index contributed by atoms with van der Waals surface area (Å²) in [5.41, 5.74) is 7.55. The second-order valence-corrected chi connectivity index (χ2v) is 5.48. The maximum atomic E-state index is 13.1. The molecule has 1 aliphatic rings. The first kappa shape index (κ1) is 14.9. The quantitative estimate of drug-likeness (QED) is 0.935.